The zero-order valence-corrected chi connectivity index (χ0v) is 9.92. The quantitative estimate of drug-likeness (QED) is 0.426. The van der Waals surface area contributed by atoms with E-state index in [1.165, 1.54) is 26.4 Å². The molecule has 0 saturated carbocycles. The molecule has 0 saturated heterocycles. The molecule has 0 aliphatic rings. The van der Waals surface area contributed by atoms with Gasteiger partial charge in [0.05, 0.1) is 0 Å². The molecule has 0 atom stereocenters. The molecule has 0 aliphatic heterocycles. The molecule has 0 N–H and O–H groups in total. The minimum Gasteiger partial charge on any atom is -0.129 e. The fourth-order valence-corrected chi connectivity index (χ4v) is 2.73. The van der Waals surface area contributed by atoms with E-state index < -0.39 is 0 Å². The Labute approximate surface area is 99.3 Å². The van der Waals surface area contributed by atoms with Crippen LogP contribution in [0.2, 0.25) is 0 Å². The summed E-state index contributed by atoms with van der Waals surface area (Å²) in [4.78, 5) is 1.35. The van der Waals surface area contributed by atoms with Crippen LogP contribution in [0.1, 0.15) is 0 Å². The maximum Gasteiger partial charge on any atom is 0.0148 e. The van der Waals surface area contributed by atoms with Crippen molar-refractivity contribution < 1.29 is 0 Å². The van der Waals surface area contributed by atoms with Gasteiger partial charge in [0, 0.05) is 4.90 Å². The smallest absolute Gasteiger partial charge is 0.0148 e. The van der Waals surface area contributed by atoms with Crippen molar-refractivity contribution in [3.05, 3.63) is 54.6 Å². The molecular weight excluding hydrogens is 212 g/mol. The molecule has 0 aromatic heterocycles. The van der Waals surface area contributed by atoms with Crippen LogP contribution >= 0.6 is 11.8 Å². The molecule has 0 bridgehead atoms. The summed E-state index contributed by atoms with van der Waals surface area (Å²) in [5, 5.41) is 5.31. The van der Waals surface area contributed by atoms with E-state index in [1.807, 2.05) is 0 Å². The Morgan fingerprint density at radius 3 is 2.19 bits per heavy atom. The molecule has 3 rings (SSSR count). The third kappa shape index (κ3) is 1.48. The van der Waals surface area contributed by atoms with Crippen LogP contribution in [-0.2, 0) is 0 Å². The summed E-state index contributed by atoms with van der Waals surface area (Å²) in [6.45, 7) is 0. The van der Waals surface area contributed by atoms with Crippen LogP contribution in [0.3, 0.4) is 0 Å². The van der Waals surface area contributed by atoms with Gasteiger partial charge in [-0.1, -0.05) is 36.4 Å². The standard InChI is InChI=1S/C15H12S/c1-16-15-8-4-7-13-9-11-5-2-3-6-12(11)10-14(13)15/h2-10H,1H3. The third-order valence-electron chi connectivity index (χ3n) is 2.93. The van der Waals surface area contributed by atoms with Gasteiger partial charge in [-0.05, 0) is 46.0 Å². The number of hydrogen-bond donors (Lipinski definition) is 0. The molecule has 0 unspecified atom stereocenters. The molecule has 3 aromatic rings. The first kappa shape index (κ1) is 9.73. The van der Waals surface area contributed by atoms with Crippen molar-refractivity contribution in [2.45, 2.75) is 4.90 Å². The average Bonchev–Trinajstić information content (AvgIpc) is 2.35. The van der Waals surface area contributed by atoms with E-state index >= 15 is 0 Å². The van der Waals surface area contributed by atoms with Crippen LogP contribution < -0.4 is 0 Å². The van der Waals surface area contributed by atoms with Crippen LogP contribution in [-0.4, -0.2) is 6.26 Å². The van der Waals surface area contributed by atoms with E-state index in [-0.39, 0.29) is 0 Å². The molecule has 78 valence electrons. The van der Waals surface area contributed by atoms with Gasteiger partial charge in [-0.15, -0.1) is 11.8 Å². The highest BCUT2D eigenvalue weighted by Gasteiger charge is 2.01. The maximum atomic E-state index is 2.29. The Morgan fingerprint density at radius 1 is 0.750 bits per heavy atom. The lowest BCUT2D eigenvalue weighted by Crippen LogP contribution is -1.78. The topological polar surface area (TPSA) is 0 Å². The van der Waals surface area contributed by atoms with E-state index in [0.29, 0.717) is 0 Å². The predicted molar refractivity (Wildman–Crippen MR) is 73.2 cm³/mol. The fourth-order valence-electron chi connectivity index (χ4n) is 2.12. The van der Waals surface area contributed by atoms with Gasteiger partial charge in [-0.25, -0.2) is 0 Å². The monoisotopic (exact) mass is 224 g/mol. The van der Waals surface area contributed by atoms with Gasteiger partial charge in [0.25, 0.3) is 0 Å². The summed E-state index contributed by atoms with van der Waals surface area (Å²) in [5.74, 6) is 0. The Balaban J connectivity index is 2.46. The molecule has 3 aromatic carbocycles. The number of benzene rings is 3. The van der Waals surface area contributed by atoms with Crippen molar-refractivity contribution in [2.75, 3.05) is 6.26 Å². The fraction of sp³-hybridized carbons (Fsp3) is 0.0667. The summed E-state index contributed by atoms with van der Waals surface area (Å²) in [7, 11) is 0. The van der Waals surface area contributed by atoms with Crippen LogP contribution in [0.15, 0.2) is 59.5 Å². The second-order valence-electron chi connectivity index (χ2n) is 3.88. The lowest BCUT2D eigenvalue weighted by atomic mass is 10.0. The summed E-state index contributed by atoms with van der Waals surface area (Å²) < 4.78 is 0. The maximum absolute atomic E-state index is 2.29. The summed E-state index contributed by atoms with van der Waals surface area (Å²) in [6, 6.07) is 19.6. The Bertz CT molecular complexity index is 656. The lowest BCUT2D eigenvalue weighted by Gasteiger charge is -2.05. The van der Waals surface area contributed by atoms with Crippen molar-refractivity contribution in [1.29, 1.82) is 0 Å². The summed E-state index contributed by atoms with van der Waals surface area (Å²) >= 11 is 1.81. The predicted octanol–water partition coefficient (Wildman–Crippen LogP) is 4.71. The molecule has 0 amide bonds. The number of fused-ring (bicyclic) bond motifs is 2. The Morgan fingerprint density at radius 2 is 1.44 bits per heavy atom. The largest absolute Gasteiger partial charge is 0.129 e. The first-order valence-electron chi connectivity index (χ1n) is 5.34. The van der Waals surface area contributed by atoms with Crippen LogP contribution in [0.25, 0.3) is 21.5 Å². The Hall–Kier alpha value is -1.47. The van der Waals surface area contributed by atoms with Gasteiger partial charge >= 0.3 is 0 Å². The Kier molecular flexibility index (Phi) is 2.33. The number of thioether (sulfide) groups is 1. The average molecular weight is 224 g/mol. The van der Waals surface area contributed by atoms with Crippen LogP contribution in [0.4, 0.5) is 0 Å². The van der Waals surface area contributed by atoms with Crippen LogP contribution in [0.5, 0.6) is 0 Å². The van der Waals surface area contributed by atoms with E-state index in [4.69, 9.17) is 0 Å². The summed E-state index contributed by atoms with van der Waals surface area (Å²) in [6.07, 6.45) is 2.13. The van der Waals surface area contributed by atoms with E-state index in [9.17, 15) is 0 Å². The van der Waals surface area contributed by atoms with Crippen molar-refractivity contribution in [2.24, 2.45) is 0 Å². The second-order valence-corrected chi connectivity index (χ2v) is 4.73. The first-order chi connectivity index (χ1) is 7.88. The van der Waals surface area contributed by atoms with Gasteiger partial charge in [0.1, 0.15) is 0 Å². The van der Waals surface area contributed by atoms with Crippen molar-refractivity contribution in [1.82, 2.24) is 0 Å². The van der Waals surface area contributed by atoms with E-state index in [0.717, 1.165) is 0 Å². The molecular formula is C15H12S. The van der Waals surface area contributed by atoms with Gasteiger partial charge in [-0.2, -0.15) is 0 Å². The minimum absolute atomic E-state index is 1.31. The second kappa shape index (κ2) is 3.84. The van der Waals surface area contributed by atoms with E-state index in [2.05, 4.69) is 60.9 Å². The van der Waals surface area contributed by atoms with Gasteiger partial charge < -0.3 is 0 Å². The van der Waals surface area contributed by atoms with Gasteiger partial charge in [0.2, 0.25) is 0 Å². The van der Waals surface area contributed by atoms with Crippen LogP contribution in [0, 0.1) is 0 Å². The SMILES string of the molecule is CSc1cccc2cc3ccccc3cc12. The van der Waals surface area contributed by atoms with Crippen molar-refractivity contribution in [3.8, 4) is 0 Å². The van der Waals surface area contributed by atoms with Crippen molar-refractivity contribution in [3.63, 3.8) is 0 Å². The summed E-state index contributed by atoms with van der Waals surface area (Å²) in [5.41, 5.74) is 0. The third-order valence-corrected chi connectivity index (χ3v) is 3.72. The highest BCUT2D eigenvalue weighted by atomic mass is 32.2. The number of rotatable bonds is 1. The lowest BCUT2D eigenvalue weighted by molar-refractivity contribution is 1.56. The molecule has 0 spiro atoms. The van der Waals surface area contributed by atoms with Gasteiger partial charge in [0.15, 0.2) is 0 Å². The highest BCUT2D eigenvalue weighted by Crippen LogP contribution is 2.29. The molecule has 0 aliphatic carbocycles. The molecule has 0 nitrogen and oxygen atoms in total. The zero-order chi connectivity index (χ0) is 11.0. The molecule has 0 radical (unpaired) electrons. The molecule has 16 heavy (non-hydrogen) atoms. The minimum atomic E-state index is 1.31. The normalized spacial score (nSPS) is 11.1. The number of hydrogen-bond acceptors (Lipinski definition) is 1. The highest BCUT2D eigenvalue weighted by molar-refractivity contribution is 7.98. The zero-order valence-electron chi connectivity index (χ0n) is 9.10. The van der Waals surface area contributed by atoms with Gasteiger partial charge in [-0.3, -0.25) is 0 Å². The molecule has 0 fully saturated rings. The molecule has 0 heterocycles. The van der Waals surface area contributed by atoms with Crippen molar-refractivity contribution >= 4 is 33.3 Å². The molecule has 1 heteroatoms. The van der Waals surface area contributed by atoms with E-state index in [1.54, 1.807) is 11.8 Å². The first-order valence-corrected chi connectivity index (χ1v) is 6.56.